The number of hydrogen-bond acceptors (Lipinski definition) is 6. The second-order valence-corrected chi connectivity index (χ2v) is 3.82. The summed E-state index contributed by atoms with van der Waals surface area (Å²) in [4.78, 5) is 8.55. The molecule has 0 aliphatic carbocycles. The predicted octanol–water partition coefficient (Wildman–Crippen LogP) is 1.02. The molecule has 6 nitrogen and oxygen atoms in total. The molecule has 0 radical (unpaired) electrons. The molecule has 17 heavy (non-hydrogen) atoms. The molecule has 88 valence electrons. The topological polar surface area (TPSA) is 89.9 Å². The molecule has 7 heteroatoms. The molecule has 0 aromatic carbocycles. The van der Waals surface area contributed by atoms with Crippen LogP contribution < -0.4 is 11.1 Å². The van der Waals surface area contributed by atoms with Crippen LogP contribution in [0.1, 0.15) is 17.3 Å². The summed E-state index contributed by atoms with van der Waals surface area (Å²) in [6.07, 6.45) is 1.62. The van der Waals surface area contributed by atoms with Crippen molar-refractivity contribution in [1.82, 2.24) is 15.1 Å². The fraction of sp³-hybridized carbons (Fsp3) is 0.200. The highest BCUT2D eigenvalue weighted by atomic mass is 32.1. The average Bonchev–Trinajstić information content (AvgIpc) is 2.73. The van der Waals surface area contributed by atoms with Crippen LogP contribution in [-0.2, 0) is 6.54 Å². The molecule has 0 unspecified atom stereocenters. The summed E-state index contributed by atoms with van der Waals surface area (Å²) < 4.78 is 4.85. The van der Waals surface area contributed by atoms with Crippen LogP contribution in [0.25, 0.3) is 0 Å². The Labute approximate surface area is 103 Å². The highest BCUT2D eigenvalue weighted by molar-refractivity contribution is 7.80. The number of thiocarbonyl (C=S) groups is 1. The van der Waals surface area contributed by atoms with Gasteiger partial charge in [0.15, 0.2) is 5.82 Å². The largest absolute Gasteiger partial charge is 0.389 e. The van der Waals surface area contributed by atoms with Crippen LogP contribution in [0.15, 0.2) is 22.9 Å². The number of nitrogens with two attached hydrogens (primary N) is 1. The number of anilines is 1. The van der Waals surface area contributed by atoms with Crippen molar-refractivity contribution in [3.63, 3.8) is 0 Å². The molecule has 2 heterocycles. The van der Waals surface area contributed by atoms with Gasteiger partial charge in [-0.3, -0.25) is 0 Å². The molecular formula is C10H11N5OS. The fourth-order valence-electron chi connectivity index (χ4n) is 1.23. The van der Waals surface area contributed by atoms with Crippen LogP contribution in [0, 0.1) is 6.92 Å². The lowest BCUT2D eigenvalue weighted by molar-refractivity contribution is 0.388. The van der Waals surface area contributed by atoms with E-state index in [-0.39, 0.29) is 0 Å². The molecule has 3 N–H and O–H groups in total. The van der Waals surface area contributed by atoms with E-state index in [0.717, 1.165) is 5.56 Å². The van der Waals surface area contributed by atoms with Crippen molar-refractivity contribution in [2.45, 2.75) is 13.5 Å². The molecule has 0 saturated heterocycles. The SMILES string of the molecule is Cc1nc(CNc2ccc(C(N)=S)cn2)no1. The van der Waals surface area contributed by atoms with Crippen LogP contribution in [0.3, 0.4) is 0 Å². The van der Waals surface area contributed by atoms with E-state index in [2.05, 4.69) is 20.4 Å². The first-order chi connectivity index (χ1) is 8.15. The summed E-state index contributed by atoms with van der Waals surface area (Å²) in [5.41, 5.74) is 6.21. The Kier molecular flexibility index (Phi) is 3.29. The third-order valence-electron chi connectivity index (χ3n) is 2.05. The van der Waals surface area contributed by atoms with E-state index >= 15 is 0 Å². The second kappa shape index (κ2) is 4.88. The van der Waals surface area contributed by atoms with Gasteiger partial charge in [0, 0.05) is 18.7 Å². The zero-order valence-electron chi connectivity index (χ0n) is 9.17. The monoisotopic (exact) mass is 249 g/mol. The number of rotatable bonds is 4. The van der Waals surface area contributed by atoms with E-state index in [1.807, 2.05) is 0 Å². The molecule has 2 aromatic heterocycles. The summed E-state index contributed by atoms with van der Waals surface area (Å²) in [5.74, 6) is 1.83. The fourth-order valence-corrected chi connectivity index (χ4v) is 1.35. The Morgan fingerprint density at radius 3 is 2.88 bits per heavy atom. The lowest BCUT2D eigenvalue weighted by Crippen LogP contribution is -2.10. The smallest absolute Gasteiger partial charge is 0.223 e. The molecular weight excluding hydrogens is 238 g/mol. The van der Waals surface area contributed by atoms with Crippen molar-refractivity contribution < 1.29 is 4.52 Å². The maximum atomic E-state index is 5.47. The van der Waals surface area contributed by atoms with E-state index in [4.69, 9.17) is 22.5 Å². The van der Waals surface area contributed by atoms with Crippen molar-refractivity contribution in [3.05, 3.63) is 35.6 Å². The van der Waals surface area contributed by atoms with Gasteiger partial charge in [0.05, 0.1) is 6.54 Å². The number of aryl methyl sites for hydroxylation is 1. The third-order valence-corrected chi connectivity index (χ3v) is 2.28. The average molecular weight is 249 g/mol. The zero-order valence-corrected chi connectivity index (χ0v) is 9.99. The van der Waals surface area contributed by atoms with Gasteiger partial charge in [-0.15, -0.1) is 0 Å². The Bertz CT molecular complexity index is 522. The van der Waals surface area contributed by atoms with E-state index in [1.165, 1.54) is 0 Å². The van der Waals surface area contributed by atoms with Gasteiger partial charge >= 0.3 is 0 Å². The van der Waals surface area contributed by atoms with E-state index in [9.17, 15) is 0 Å². The molecule has 2 rings (SSSR count). The van der Waals surface area contributed by atoms with E-state index in [0.29, 0.717) is 29.1 Å². The molecule has 0 aliphatic rings. The van der Waals surface area contributed by atoms with Gasteiger partial charge in [-0.2, -0.15) is 4.98 Å². The van der Waals surface area contributed by atoms with E-state index in [1.54, 1.807) is 25.3 Å². The van der Waals surface area contributed by atoms with Crippen LogP contribution in [0.4, 0.5) is 5.82 Å². The summed E-state index contributed by atoms with van der Waals surface area (Å²) >= 11 is 4.83. The summed E-state index contributed by atoms with van der Waals surface area (Å²) in [7, 11) is 0. The quantitative estimate of drug-likeness (QED) is 0.782. The highest BCUT2D eigenvalue weighted by Crippen LogP contribution is 2.06. The molecule has 0 spiro atoms. The second-order valence-electron chi connectivity index (χ2n) is 3.38. The van der Waals surface area contributed by atoms with Gasteiger partial charge in [0.2, 0.25) is 5.89 Å². The standard InChI is InChI=1S/C10H11N5OS/c1-6-14-9(15-16-6)5-13-8-3-2-7(4-12-8)10(11)17/h2-4H,5H2,1H3,(H2,11,17)(H,12,13). The first-order valence-electron chi connectivity index (χ1n) is 4.94. The molecule has 0 amide bonds. The van der Waals surface area contributed by atoms with Crippen molar-refractivity contribution in [1.29, 1.82) is 0 Å². The number of pyridine rings is 1. The Morgan fingerprint density at radius 2 is 2.35 bits per heavy atom. The Hall–Kier alpha value is -2.02. The van der Waals surface area contributed by atoms with Gasteiger partial charge < -0.3 is 15.6 Å². The van der Waals surface area contributed by atoms with Gasteiger partial charge in [0.25, 0.3) is 0 Å². The van der Waals surface area contributed by atoms with Crippen LogP contribution >= 0.6 is 12.2 Å². The zero-order chi connectivity index (χ0) is 12.3. The maximum Gasteiger partial charge on any atom is 0.223 e. The lowest BCUT2D eigenvalue weighted by Gasteiger charge is -2.03. The molecule has 0 bridgehead atoms. The summed E-state index contributed by atoms with van der Waals surface area (Å²) in [5, 5.41) is 6.82. The van der Waals surface area contributed by atoms with Gasteiger partial charge in [0.1, 0.15) is 10.8 Å². The molecule has 2 aromatic rings. The molecule has 0 saturated carbocycles. The summed E-state index contributed by atoms with van der Waals surface area (Å²) in [6, 6.07) is 3.60. The van der Waals surface area contributed by atoms with Crippen molar-refractivity contribution in [2.75, 3.05) is 5.32 Å². The van der Waals surface area contributed by atoms with Crippen molar-refractivity contribution in [3.8, 4) is 0 Å². The summed E-state index contributed by atoms with van der Waals surface area (Å²) in [6.45, 7) is 2.20. The minimum Gasteiger partial charge on any atom is -0.389 e. The van der Waals surface area contributed by atoms with Crippen molar-refractivity contribution >= 4 is 23.0 Å². The third kappa shape index (κ3) is 2.97. The van der Waals surface area contributed by atoms with Gasteiger partial charge in [-0.1, -0.05) is 17.4 Å². The minimum absolute atomic E-state index is 0.331. The van der Waals surface area contributed by atoms with Crippen LogP contribution in [-0.4, -0.2) is 20.1 Å². The van der Waals surface area contributed by atoms with E-state index < -0.39 is 0 Å². The minimum atomic E-state index is 0.331. The Morgan fingerprint density at radius 1 is 1.53 bits per heavy atom. The van der Waals surface area contributed by atoms with Crippen molar-refractivity contribution in [2.24, 2.45) is 5.73 Å². The molecule has 0 aliphatic heterocycles. The normalized spacial score (nSPS) is 10.2. The van der Waals surface area contributed by atoms with Gasteiger partial charge in [-0.05, 0) is 12.1 Å². The number of hydrogen-bond donors (Lipinski definition) is 2. The molecule has 0 atom stereocenters. The lowest BCUT2D eigenvalue weighted by atomic mass is 10.3. The number of nitrogens with one attached hydrogen (secondary N) is 1. The Balaban J connectivity index is 1.97. The maximum absolute atomic E-state index is 5.47. The molecule has 0 fully saturated rings. The highest BCUT2D eigenvalue weighted by Gasteiger charge is 2.02. The number of nitrogens with zero attached hydrogens (tertiary/aromatic N) is 3. The first kappa shape index (κ1) is 11.5. The predicted molar refractivity (Wildman–Crippen MR) is 66.5 cm³/mol. The van der Waals surface area contributed by atoms with Crippen LogP contribution in [0.2, 0.25) is 0 Å². The first-order valence-corrected chi connectivity index (χ1v) is 5.35. The number of aromatic nitrogens is 3. The van der Waals surface area contributed by atoms with Gasteiger partial charge in [-0.25, -0.2) is 4.98 Å². The van der Waals surface area contributed by atoms with Crippen LogP contribution in [0.5, 0.6) is 0 Å².